The molecule has 0 bridgehead atoms. The smallest absolute Gasteiger partial charge is 0.166 e. The topological polar surface area (TPSA) is 17.1 Å². The van der Waals surface area contributed by atoms with Crippen molar-refractivity contribution in [1.29, 1.82) is 0 Å². The van der Waals surface area contributed by atoms with E-state index in [0.29, 0.717) is 5.78 Å². The third-order valence-corrected chi connectivity index (χ3v) is 5.57. The highest BCUT2D eigenvalue weighted by atomic mass is 16.1. The van der Waals surface area contributed by atoms with Crippen molar-refractivity contribution in [3.63, 3.8) is 0 Å². The Morgan fingerprint density at radius 2 is 1.75 bits per heavy atom. The summed E-state index contributed by atoms with van der Waals surface area (Å²) in [5.41, 5.74) is 3.32. The molecule has 20 heavy (non-hydrogen) atoms. The molecule has 3 atom stereocenters. The molecule has 3 unspecified atom stereocenters. The summed E-state index contributed by atoms with van der Waals surface area (Å²) in [6.45, 7) is 4.15. The number of ketones is 1. The van der Waals surface area contributed by atoms with Gasteiger partial charge in [0.25, 0.3) is 0 Å². The van der Waals surface area contributed by atoms with Crippen LogP contribution < -0.4 is 0 Å². The fourth-order valence-electron chi connectivity index (χ4n) is 4.33. The SMILES string of the molecule is Cc1ccc(C)c(C(=O)C2CCC3CCCCC3C2)c1. The molecule has 2 saturated carbocycles. The number of Topliss-reactive ketones (excluding diaryl/α,β-unsaturated/α-hetero) is 1. The normalized spacial score (nSPS) is 29.8. The minimum absolute atomic E-state index is 0.287. The van der Waals surface area contributed by atoms with Crippen LogP contribution in [-0.2, 0) is 0 Å². The summed E-state index contributed by atoms with van der Waals surface area (Å²) < 4.78 is 0. The van der Waals surface area contributed by atoms with Gasteiger partial charge in [-0.3, -0.25) is 4.79 Å². The molecule has 1 aromatic carbocycles. The Morgan fingerprint density at radius 1 is 1.00 bits per heavy atom. The average Bonchev–Trinajstić information content (AvgIpc) is 2.48. The fraction of sp³-hybridized carbons (Fsp3) is 0.632. The van der Waals surface area contributed by atoms with E-state index in [0.717, 1.165) is 35.8 Å². The van der Waals surface area contributed by atoms with Gasteiger partial charge in [-0.1, -0.05) is 43.4 Å². The second-order valence-corrected chi connectivity index (χ2v) is 7.00. The Bertz CT molecular complexity index is 502. The van der Waals surface area contributed by atoms with Crippen LogP contribution in [0, 0.1) is 31.6 Å². The van der Waals surface area contributed by atoms with E-state index in [9.17, 15) is 4.79 Å². The minimum Gasteiger partial charge on any atom is -0.294 e. The van der Waals surface area contributed by atoms with Crippen LogP contribution in [0.3, 0.4) is 0 Å². The lowest BCUT2D eigenvalue weighted by Crippen LogP contribution is -2.31. The molecule has 3 rings (SSSR count). The van der Waals surface area contributed by atoms with Gasteiger partial charge < -0.3 is 0 Å². The van der Waals surface area contributed by atoms with E-state index in [2.05, 4.69) is 32.0 Å². The summed E-state index contributed by atoms with van der Waals surface area (Å²) in [4.78, 5) is 12.8. The van der Waals surface area contributed by atoms with Crippen LogP contribution in [-0.4, -0.2) is 5.78 Å². The molecule has 0 N–H and O–H groups in total. The summed E-state index contributed by atoms with van der Waals surface area (Å²) in [6, 6.07) is 6.28. The zero-order valence-corrected chi connectivity index (χ0v) is 12.8. The molecule has 1 aromatic rings. The number of aryl methyl sites for hydroxylation is 2. The Balaban J connectivity index is 1.76. The maximum Gasteiger partial charge on any atom is 0.166 e. The second kappa shape index (κ2) is 5.71. The summed E-state index contributed by atoms with van der Waals surface area (Å²) in [5, 5.41) is 0. The van der Waals surface area contributed by atoms with Crippen LogP contribution in [0.1, 0.15) is 66.4 Å². The first-order chi connectivity index (χ1) is 9.65. The van der Waals surface area contributed by atoms with Gasteiger partial charge in [-0.2, -0.15) is 0 Å². The number of rotatable bonds is 2. The zero-order valence-electron chi connectivity index (χ0n) is 12.8. The van der Waals surface area contributed by atoms with Gasteiger partial charge >= 0.3 is 0 Å². The van der Waals surface area contributed by atoms with Gasteiger partial charge in [0.15, 0.2) is 5.78 Å². The van der Waals surface area contributed by atoms with Gasteiger partial charge in [0.05, 0.1) is 0 Å². The number of benzene rings is 1. The first-order valence-electron chi connectivity index (χ1n) is 8.26. The third-order valence-electron chi connectivity index (χ3n) is 5.57. The van der Waals surface area contributed by atoms with Gasteiger partial charge in [-0.25, -0.2) is 0 Å². The highest BCUT2D eigenvalue weighted by Crippen LogP contribution is 2.43. The number of carbonyl (C=O) groups excluding carboxylic acids is 1. The van der Waals surface area contributed by atoms with Crippen molar-refractivity contribution in [2.45, 2.75) is 58.8 Å². The van der Waals surface area contributed by atoms with Crippen molar-refractivity contribution in [3.05, 3.63) is 34.9 Å². The van der Waals surface area contributed by atoms with Crippen molar-refractivity contribution in [2.24, 2.45) is 17.8 Å². The maximum atomic E-state index is 12.8. The monoisotopic (exact) mass is 270 g/mol. The summed E-state index contributed by atoms with van der Waals surface area (Å²) in [7, 11) is 0. The molecule has 0 aliphatic heterocycles. The van der Waals surface area contributed by atoms with Gasteiger partial charge in [0.2, 0.25) is 0 Å². The molecule has 0 aromatic heterocycles. The van der Waals surface area contributed by atoms with Crippen LogP contribution in [0.5, 0.6) is 0 Å². The molecule has 108 valence electrons. The Morgan fingerprint density at radius 3 is 2.55 bits per heavy atom. The Labute approximate surface area is 122 Å². The van der Waals surface area contributed by atoms with E-state index in [-0.39, 0.29) is 5.92 Å². The Kier molecular flexibility index (Phi) is 3.96. The molecule has 2 fully saturated rings. The third kappa shape index (κ3) is 2.68. The highest BCUT2D eigenvalue weighted by molar-refractivity contribution is 5.99. The molecular formula is C19H26O. The van der Waals surface area contributed by atoms with E-state index in [1.54, 1.807) is 0 Å². The lowest BCUT2D eigenvalue weighted by Gasteiger charge is -2.38. The largest absolute Gasteiger partial charge is 0.294 e. The second-order valence-electron chi connectivity index (χ2n) is 7.00. The molecule has 1 nitrogen and oxygen atoms in total. The fourth-order valence-corrected chi connectivity index (χ4v) is 4.33. The lowest BCUT2D eigenvalue weighted by atomic mass is 9.66. The van der Waals surface area contributed by atoms with Gasteiger partial charge in [-0.15, -0.1) is 0 Å². The molecule has 0 radical (unpaired) electrons. The molecular weight excluding hydrogens is 244 g/mol. The molecule has 0 saturated heterocycles. The first kappa shape index (κ1) is 13.9. The van der Waals surface area contributed by atoms with Crippen molar-refractivity contribution < 1.29 is 4.79 Å². The Hall–Kier alpha value is -1.11. The maximum absolute atomic E-state index is 12.8. The van der Waals surface area contributed by atoms with Crippen LogP contribution in [0.2, 0.25) is 0 Å². The van der Waals surface area contributed by atoms with Crippen LogP contribution in [0.4, 0.5) is 0 Å². The van der Waals surface area contributed by atoms with E-state index in [1.165, 1.54) is 37.7 Å². The highest BCUT2D eigenvalue weighted by Gasteiger charge is 2.35. The molecule has 2 aliphatic carbocycles. The van der Waals surface area contributed by atoms with E-state index in [1.807, 2.05) is 0 Å². The van der Waals surface area contributed by atoms with E-state index < -0.39 is 0 Å². The summed E-state index contributed by atoms with van der Waals surface area (Å²) >= 11 is 0. The van der Waals surface area contributed by atoms with Gasteiger partial charge in [0, 0.05) is 11.5 Å². The zero-order chi connectivity index (χ0) is 14.1. The first-order valence-corrected chi connectivity index (χ1v) is 8.26. The van der Waals surface area contributed by atoms with E-state index >= 15 is 0 Å². The molecule has 0 spiro atoms. The average molecular weight is 270 g/mol. The minimum atomic E-state index is 0.287. The van der Waals surface area contributed by atoms with Crippen molar-refractivity contribution in [3.8, 4) is 0 Å². The van der Waals surface area contributed by atoms with Crippen LogP contribution >= 0.6 is 0 Å². The van der Waals surface area contributed by atoms with Crippen molar-refractivity contribution in [1.82, 2.24) is 0 Å². The van der Waals surface area contributed by atoms with Gasteiger partial charge in [-0.05, 0) is 56.6 Å². The number of fused-ring (bicyclic) bond motifs is 1. The number of hydrogen-bond donors (Lipinski definition) is 0. The molecule has 2 aliphatic rings. The molecule has 1 heteroatoms. The lowest BCUT2D eigenvalue weighted by molar-refractivity contribution is 0.0762. The van der Waals surface area contributed by atoms with Crippen molar-refractivity contribution in [2.75, 3.05) is 0 Å². The van der Waals surface area contributed by atoms with Crippen LogP contribution in [0.15, 0.2) is 18.2 Å². The summed E-state index contributed by atoms with van der Waals surface area (Å²) in [6.07, 6.45) is 9.12. The van der Waals surface area contributed by atoms with Crippen LogP contribution in [0.25, 0.3) is 0 Å². The van der Waals surface area contributed by atoms with Crippen molar-refractivity contribution >= 4 is 5.78 Å². The standard InChI is InChI=1S/C19H26O/c1-13-7-8-14(2)18(11-13)19(20)17-10-9-15-5-3-4-6-16(15)12-17/h7-8,11,15-17H,3-6,9-10,12H2,1-2H3. The summed E-state index contributed by atoms with van der Waals surface area (Å²) in [5.74, 6) is 2.45. The molecule has 0 amide bonds. The number of hydrogen-bond acceptors (Lipinski definition) is 1. The molecule has 0 heterocycles. The van der Waals surface area contributed by atoms with E-state index in [4.69, 9.17) is 0 Å². The predicted molar refractivity (Wildman–Crippen MR) is 83.0 cm³/mol. The van der Waals surface area contributed by atoms with Gasteiger partial charge in [0.1, 0.15) is 0 Å². The quantitative estimate of drug-likeness (QED) is 0.684. The predicted octanol–water partition coefficient (Wildman–Crippen LogP) is 5.09. The number of carbonyl (C=O) groups is 1.